The van der Waals surface area contributed by atoms with Gasteiger partial charge < -0.3 is 10.5 Å². The highest BCUT2D eigenvalue weighted by Gasteiger charge is 2.17. The van der Waals surface area contributed by atoms with Crippen molar-refractivity contribution in [3.05, 3.63) is 70.3 Å². The van der Waals surface area contributed by atoms with E-state index in [4.69, 9.17) is 10.5 Å². The fourth-order valence-electron chi connectivity index (χ4n) is 2.32. The lowest BCUT2D eigenvalue weighted by Crippen LogP contribution is -2.14. The SMILES string of the molecule is NC(c1ccc2c(c1)COC2)c1ccc(F)cc1F. The lowest BCUT2D eigenvalue weighted by molar-refractivity contribution is 0.134. The zero-order valence-corrected chi connectivity index (χ0v) is 10.2. The van der Waals surface area contributed by atoms with Crippen LogP contribution in [0, 0.1) is 11.6 Å². The summed E-state index contributed by atoms with van der Waals surface area (Å²) in [5.41, 5.74) is 9.36. The van der Waals surface area contributed by atoms with Crippen molar-refractivity contribution in [1.29, 1.82) is 0 Å². The Hall–Kier alpha value is -1.78. The predicted octanol–water partition coefficient (Wildman–Crippen LogP) is 3.04. The average Bonchev–Trinajstić information content (AvgIpc) is 2.85. The number of halogens is 2. The molecule has 0 aromatic heterocycles. The molecule has 1 heterocycles. The van der Waals surface area contributed by atoms with Crippen LogP contribution in [0.5, 0.6) is 0 Å². The topological polar surface area (TPSA) is 35.2 Å². The molecule has 19 heavy (non-hydrogen) atoms. The van der Waals surface area contributed by atoms with Crippen molar-refractivity contribution in [2.45, 2.75) is 19.3 Å². The molecule has 0 saturated carbocycles. The van der Waals surface area contributed by atoms with E-state index < -0.39 is 17.7 Å². The summed E-state index contributed by atoms with van der Waals surface area (Å²) in [4.78, 5) is 0. The largest absolute Gasteiger partial charge is 0.372 e. The molecule has 0 spiro atoms. The fourth-order valence-corrected chi connectivity index (χ4v) is 2.32. The highest BCUT2D eigenvalue weighted by Crippen LogP contribution is 2.27. The molecule has 1 atom stereocenters. The molecule has 1 unspecified atom stereocenters. The molecule has 2 nitrogen and oxygen atoms in total. The second-order valence-electron chi connectivity index (χ2n) is 4.66. The van der Waals surface area contributed by atoms with E-state index in [-0.39, 0.29) is 0 Å². The van der Waals surface area contributed by atoms with E-state index in [1.165, 1.54) is 12.1 Å². The van der Waals surface area contributed by atoms with Gasteiger partial charge in [-0.25, -0.2) is 8.78 Å². The van der Waals surface area contributed by atoms with Crippen molar-refractivity contribution in [2.75, 3.05) is 0 Å². The second kappa shape index (κ2) is 4.72. The molecule has 1 aliphatic rings. The molecule has 2 aromatic carbocycles. The van der Waals surface area contributed by atoms with Gasteiger partial charge in [-0.15, -0.1) is 0 Å². The van der Waals surface area contributed by atoms with Crippen LogP contribution in [-0.4, -0.2) is 0 Å². The van der Waals surface area contributed by atoms with Crippen LogP contribution in [0.25, 0.3) is 0 Å². The van der Waals surface area contributed by atoms with Gasteiger partial charge in [0.25, 0.3) is 0 Å². The summed E-state index contributed by atoms with van der Waals surface area (Å²) in [7, 11) is 0. The monoisotopic (exact) mass is 261 g/mol. The van der Waals surface area contributed by atoms with Gasteiger partial charge in [0.15, 0.2) is 0 Å². The summed E-state index contributed by atoms with van der Waals surface area (Å²) in [5, 5.41) is 0. The Bertz CT molecular complexity index is 628. The van der Waals surface area contributed by atoms with E-state index in [0.717, 1.165) is 22.8 Å². The minimum Gasteiger partial charge on any atom is -0.372 e. The van der Waals surface area contributed by atoms with Crippen LogP contribution >= 0.6 is 0 Å². The minimum absolute atomic E-state index is 0.292. The fraction of sp³-hybridized carbons (Fsp3) is 0.200. The van der Waals surface area contributed by atoms with Crippen LogP contribution in [0.1, 0.15) is 28.3 Å². The number of fused-ring (bicyclic) bond motifs is 1. The summed E-state index contributed by atoms with van der Waals surface area (Å²) in [6.45, 7) is 1.16. The van der Waals surface area contributed by atoms with Crippen LogP contribution in [0.2, 0.25) is 0 Å². The first-order chi connectivity index (χ1) is 9.15. The maximum Gasteiger partial charge on any atom is 0.131 e. The van der Waals surface area contributed by atoms with E-state index in [9.17, 15) is 8.78 Å². The van der Waals surface area contributed by atoms with Crippen LogP contribution in [-0.2, 0) is 18.0 Å². The zero-order chi connectivity index (χ0) is 13.4. The summed E-state index contributed by atoms with van der Waals surface area (Å²) in [6, 6.07) is 8.58. The first-order valence-corrected chi connectivity index (χ1v) is 6.05. The number of nitrogens with two attached hydrogens (primary N) is 1. The standard InChI is InChI=1S/C15H13F2NO/c16-12-3-4-13(14(17)6-12)15(18)9-1-2-10-7-19-8-11(10)5-9/h1-6,15H,7-8,18H2. The zero-order valence-electron chi connectivity index (χ0n) is 10.2. The van der Waals surface area contributed by atoms with Crippen molar-refractivity contribution in [3.63, 3.8) is 0 Å². The summed E-state index contributed by atoms with van der Waals surface area (Å²) < 4.78 is 31.9. The predicted molar refractivity (Wildman–Crippen MR) is 67.3 cm³/mol. The molecule has 0 radical (unpaired) electrons. The molecular formula is C15H13F2NO. The molecule has 0 bridgehead atoms. The van der Waals surface area contributed by atoms with E-state index in [2.05, 4.69) is 0 Å². The van der Waals surface area contributed by atoms with E-state index in [1.807, 2.05) is 18.2 Å². The Morgan fingerprint density at radius 2 is 1.79 bits per heavy atom. The van der Waals surface area contributed by atoms with Gasteiger partial charge in [0, 0.05) is 11.6 Å². The van der Waals surface area contributed by atoms with Gasteiger partial charge in [0.05, 0.1) is 19.3 Å². The van der Waals surface area contributed by atoms with E-state index >= 15 is 0 Å². The third-order valence-electron chi connectivity index (χ3n) is 3.40. The van der Waals surface area contributed by atoms with Crippen molar-refractivity contribution in [2.24, 2.45) is 5.73 Å². The van der Waals surface area contributed by atoms with Crippen molar-refractivity contribution < 1.29 is 13.5 Å². The van der Waals surface area contributed by atoms with Gasteiger partial charge in [-0.2, -0.15) is 0 Å². The normalized spacial score (nSPS) is 15.3. The van der Waals surface area contributed by atoms with Gasteiger partial charge in [-0.1, -0.05) is 24.3 Å². The van der Waals surface area contributed by atoms with Crippen LogP contribution < -0.4 is 5.73 Å². The molecule has 0 amide bonds. The van der Waals surface area contributed by atoms with Gasteiger partial charge in [0.1, 0.15) is 11.6 Å². The Balaban J connectivity index is 1.97. The van der Waals surface area contributed by atoms with Gasteiger partial charge in [0.2, 0.25) is 0 Å². The van der Waals surface area contributed by atoms with Crippen LogP contribution in [0.3, 0.4) is 0 Å². The molecule has 0 aliphatic carbocycles. The first-order valence-electron chi connectivity index (χ1n) is 6.05. The summed E-state index contributed by atoms with van der Waals surface area (Å²) in [6.07, 6.45) is 0. The highest BCUT2D eigenvalue weighted by atomic mass is 19.1. The number of ether oxygens (including phenoxy) is 1. The number of hydrogen-bond donors (Lipinski definition) is 1. The second-order valence-corrected chi connectivity index (χ2v) is 4.66. The Morgan fingerprint density at radius 3 is 2.58 bits per heavy atom. The molecule has 2 N–H and O–H groups in total. The third-order valence-corrected chi connectivity index (χ3v) is 3.40. The quantitative estimate of drug-likeness (QED) is 0.901. The van der Waals surface area contributed by atoms with E-state index in [0.29, 0.717) is 18.8 Å². The number of benzene rings is 2. The third kappa shape index (κ3) is 2.25. The van der Waals surface area contributed by atoms with Crippen molar-refractivity contribution in [1.82, 2.24) is 0 Å². The Kier molecular flexibility index (Phi) is 3.05. The molecule has 4 heteroatoms. The van der Waals surface area contributed by atoms with Gasteiger partial charge in [-0.3, -0.25) is 0 Å². The molecular weight excluding hydrogens is 248 g/mol. The molecule has 98 valence electrons. The Labute approximate surface area is 109 Å². The Morgan fingerprint density at radius 1 is 1.00 bits per heavy atom. The van der Waals surface area contributed by atoms with E-state index in [1.54, 1.807) is 0 Å². The molecule has 1 aliphatic heterocycles. The molecule has 0 fully saturated rings. The molecule has 3 rings (SSSR count). The van der Waals surface area contributed by atoms with Crippen molar-refractivity contribution >= 4 is 0 Å². The maximum absolute atomic E-state index is 13.7. The molecule has 2 aromatic rings. The number of hydrogen-bond acceptors (Lipinski definition) is 2. The first kappa shape index (κ1) is 12.3. The van der Waals surface area contributed by atoms with Gasteiger partial charge >= 0.3 is 0 Å². The number of rotatable bonds is 2. The summed E-state index contributed by atoms with van der Waals surface area (Å²) >= 11 is 0. The van der Waals surface area contributed by atoms with Crippen LogP contribution in [0.4, 0.5) is 8.78 Å². The molecule has 0 saturated heterocycles. The maximum atomic E-state index is 13.7. The smallest absolute Gasteiger partial charge is 0.131 e. The lowest BCUT2D eigenvalue weighted by atomic mass is 9.96. The summed E-state index contributed by atoms with van der Waals surface area (Å²) in [5.74, 6) is -1.22. The van der Waals surface area contributed by atoms with Gasteiger partial charge in [-0.05, 0) is 22.8 Å². The van der Waals surface area contributed by atoms with Crippen LogP contribution in [0.15, 0.2) is 36.4 Å². The lowest BCUT2D eigenvalue weighted by Gasteiger charge is -2.14. The highest BCUT2D eigenvalue weighted by molar-refractivity contribution is 5.39. The van der Waals surface area contributed by atoms with Crippen molar-refractivity contribution in [3.8, 4) is 0 Å². The minimum atomic E-state index is -0.621. The average molecular weight is 261 g/mol.